The predicted octanol–water partition coefficient (Wildman–Crippen LogP) is 1.51. The van der Waals surface area contributed by atoms with E-state index in [1.54, 1.807) is 24.3 Å². The first-order valence-electron chi connectivity index (χ1n) is 4.74. The monoisotopic (exact) mass is 223 g/mol. The highest BCUT2D eigenvalue weighted by molar-refractivity contribution is 5.68. The average molecular weight is 223 g/mol. The summed E-state index contributed by atoms with van der Waals surface area (Å²) >= 11 is 0. The highest BCUT2D eigenvalue weighted by Crippen LogP contribution is 2.08. The van der Waals surface area contributed by atoms with Crippen LogP contribution in [0.5, 0.6) is 0 Å². The highest BCUT2D eigenvalue weighted by Gasteiger charge is 2.14. The smallest absolute Gasteiger partial charge is 0.329 e. The number of benzene rings is 1. The highest BCUT2D eigenvalue weighted by atomic mass is 16.7. The molecular formula is C11H13NO4. The van der Waals surface area contributed by atoms with Gasteiger partial charge in [-0.2, -0.15) is 0 Å². The summed E-state index contributed by atoms with van der Waals surface area (Å²) in [6, 6.07) is 8.99. The Labute approximate surface area is 93.4 Å². The maximum atomic E-state index is 10.8. The number of carbonyl (C=O) groups excluding carboxylic acids is 2. The standard InChI is InChI=1S/C11H13NO4/c1-8(13)15-11(16-9(2)14)12-10-6-4-3-5-7-10/h3-7,11-12H,1-2H3. The fraction of sp³-hybridized carbons (Fsp3) is 0.273. The molecule has 1 rings (SSSR count). The Morgan fingerprint density at radius 1 is 1.06 bits per heavy atom. The van der Waals surface area contributed by atoms with Crippen LogP contribution in [0.3, 0.4) is 0 Å². The number of carbonyl (C=O) groups is 2. The molecule has 0 aliphatic carbocycles. The SMILES string of the molecule is CC(=O)OC(Nc1ccccc1)OC(C)=O. The molecule has 0 aliphatic rings. The van der Waals surface area contributed by atoms with Gasteiger partial charge in [0.05, 0.1) is 0 Å². The molecule has 0 amide bonds. The summed E-state index contributed by atoms with van der Waals surface area (Å²) in [6.45, 7) is 2.48. The summed E-state index contributed by atoms with van der Waals surface area (Å²) in [7, 11) is 0. The first-order chi connectivity index (χ1) is 7.58. The summed E-state index contributed by atoms with van der Waals surface area (Å²) in [6.07, 6.45) is -1.10. The lowest BCUT2D eigenvalue weighted by molar-refractivity contribution is -0.179. The molecule has 0 bridgehead atoms. The summed E-state index contributed by atoms with van der Waals surface area (Å²) in [5.74, 6) is -1.07. The third kappa shape index (κ3) is 4.45. The maximum Gasteiger partial charge on any atom is 0.329 e. The zero-order chi connectivity index (χ0) is 12.0. The largest absolute Gasteiger partial charge is 0.406 e. The molecule has 0 radical (unpaired) electrons. The summed E-state index contributed by atoms with van der Waals surface area (Å²) in [5, 5.41) is 2.76. The van der Waals surface area contributed by atoms with Crippen LogP contribution in [0, 0.1) is 0 Å². The van der Waals surface area contributed by atoms with E-state index in [0.29, 0.717) is 5.69 Å². The first-order valence-corrected chi connectivity index (χ1v) is 4.74. The van der Waals surface area contributed by atoms with E-state index in [1.807, 2.05) is 6.07 Å². The molecule has 0 saturated carbocycles. The lowest BCUT2D eigenvalue weighted by atomic mass is 10.3. The van der Waals surface area contributed by atoms with Crippen molar-refractivity contribution in [2.24, 2.45) is 0 Å². The lowest BCUT2D eigenvalue weighted by Crippen LogP contribution is -2.30. The minimum atomic E-state index is -1.10. The number of esters is 2. The van der Waals surface area contributed by atoms with E-state index in [2.05, 4.69) is 5.32 Å². The van der Waals surface area contributed by atoms with Gasteiger partial charge in [0.1, 0.15) is 0 Å². The summed E-state index contributed by atoms with van der Waals surface area (Å²) < 4.78 is 9.54. The molecule has 0 saturated heterocycles. The quantitative estimate of drug-likeness (QED) is 0.619. The van der Waals surface area contributed by atoms with Gasteiger partial charge in [-0.15, -0.1) is 0 Å². The van der Waals surface area contributed by atoms with E-state index in [0.717, 1.165) is 0 Å². The number of hydrogen-bond donors (Lipinski definition) is 1. The van der Waals surface area contributed by atoms with Crippen molar-refractivity contribution in [2.75, 3.05) is 5.32 Å². The normalized spacial score (nSPS) is 9.69. The fourth-order valence-corrected chi connectivity index (χ4v) is 1.05. The number of rotatable bonds is 4. The van der Waals surface area contributed by atoms with Crippen LogP contribution in [0.15, 0.2) is 30.3 Å². The fourth-order valence-electron chi connectivity index (χ4n) is 1.05. The van der Waals surface area contributed by atoms with E-state index in [9.17, 15) is 9.59 Å². The molecule has 0 aromatic heterocycles. The van der Waals surface area contributed by atoms with Gasteiger partial charge in [-0.05, 0) is 12.1 Å². The molecule has 0 atom stereocenters. The second-order valence-electron chi connectivity index (χ2n) is 3.06. The molecule has 0 unspecified atom stereocenters. The van der Waals surface area contributed by atoms with Gasteiger partial charge >= 0.3 is 18.4 Å². The van der Waals surface area contributed by atoms with Crippen LogP contribution in [0.1, 0.15) is 13.8 Å². The van der Waals surface area contributed by atoms with Crippen LogP contribution in [-0.2, 0) is 19.1 Å². The molecule has 1 aromatic rings. The third-order valence-corrected chi connectivity index (χ3v) is 1.60. The van der Waals surface area contributed by atoms with Crippen LogP contribution in [-0.4, -0.2) is 18.4 Å². The molecule has 5 nitrogen and oxygen atoms in total. The number of para-hydroxylation sites is 1. The predicted molar refractivity (Wildman–Crippen MR) is 57.4 cm³/mol. The maximum absolute atomic E-state index is 10.8. The van der Waals surface area contributed by atoms with E-state index >= 15 is 0 Å². The van der Waals surface area contributed by atoms with Crippen molar-refractivity contribution in [1.82, 2.24) is 0 Å². The third-order valence-electron chi connectivity index (χ3n) is 1.60. The van der Waals surface area contributed by atoms with Crippen molar-refractivity contribution < 1.29 is 19.1 Å². The van der Waals surface area contributed by atoms with Crippen molar-refractivity contribution in [3.05, 3.63) is 30.3 Å². The molecule has 0 spiro atoms. The Hall–Kier alpha value is -2.04. The van der Waals surface area contributed by atoms with Crippen LogP contribution in [0.25, 0.3) is 0 Å². The number of anilines is 1. The molecule has 0 fully saturated rings. The van der Waals surface area contributed by atoms with Crippen LogP contribution in [0.2, 0.25) is 0 Å². The van der Waals surface area contributed by atoms with E-state index < -0.39 is 18.4 Å². The zero-order valence-corrected chi connectivity index (χ0v) is 9.10. The molecule has 86 valence electrons. The Kier molecular flexibility index (Phi) is 4.32. The average Bonchev–Trinajstić information content (AvgIpc) is 2.16. The van der Waals surface area contributed by atoms with Crippen molar-refractivity contribution >= 4 is 17.6 Å². The van der Waals surface area contributed by atoms with Crippen LogP contribution in [0.4, 0.5) is 5.69 Å². The van der Waals surface area contributed by atoms with Gasteiger partial charge in [0.25, 0.3) is 0 Å². The van der Waals surface area contributed by atoms with E-state index in [-0.39, 0.29) is 0 Å². The lowest BCUT2D eigenvalue weighted by Gasteiger charge is -2.18. The summed E-state index contributed by atoms with van der Waals surface area (Å²) in [4.78, 5) is 21.5. The van der Waals surface area contributed by atoms with Gasteiger partial charge in [-0.3, -0.25) is 9.59 Å². The van der Waals surface area contributed by atoms with Gasteiger partial charge in [0.2, 0.25) is 0 Å². The summed E-state index contributed by atoms with van der Waals surface area (Å²) in [5.41, 5.74) is 0.690. The first kappa shape index (κ1) is 12.0. The van der Waals surface area contributed by atoms with Gasteiger partial charge in [0.15, 0.2) is 0 Å². The van der Waals surface area contributed by atoms with Crippen LogP contribution < -0.4 is 5.32 Å². The Morgan fingerprint density at radius 3 is 2.00 bits per heavy atom. The molecular weight excluding hydrogens is 210 g/mol. The van der Waals surface area contributed by atoms with Gasteiger partial charge in [0, 0.05) is 19.5 Å². The second kappa shape index (κ2) is 5.75. The molecule has 0 aliphatic heterocycles. The van der Waals surface area contributed by atoms with Gasteiger partial charge in [-0.1, -0.05) is 18.2 Å². The van der Waals surface area contributed by atoms with Crippen molar-refractivity contribution in [3.8, 4) is 0 Å². The van der Waals surface area contributed by atoms with Gasteiger partial charge < -0.3 is 14.8 Å². The van der Waals surface area contributed by atoms with Gasteiger partial charge in [-0.25, -0.2) is 0 Å². The Morgan fingerprint density at radius 2 is 1.56 bits per heavy atom. The molecule has 1 N–H and O–H groups in total. The van der Waals surface area contributed by atoms with E-state index in [4.69, 9.17) is 9.47 Å². The van der Waals surface area contributed by atoms with Crippen molar-refractivity contribution in [1.29, 1.82) is 0 Å². The molecule has 0 heterocycles. The minimum Gasteiger partial charge on any atom is -0.406 e. The second-order valence-corrected chi connectivity index (χ2v) is 3.06. The van der Waals surface area contributed by atoms with Crippen molar-refractivity contribution in [2.45, 2.75) is 20.3 Å². The van der Waals surface area contributed by atoms with E-state index in [1.165, 1.54) is 13.8 Å². The topological polar surface area (TPSA) is 64.6 Å². The van der Waals surface area contributed by atoms with Crippen LogP contribution >= 0.6 is 0 Å². The number of hydrogen-bond acceptors (Lipinski definition) is 5. The molecule has 16 heavy (non-hydrogen) atoms. The number of ether oxygens (including phenoxy) is 2. The zero-order valence-electron chi connectivity index (χ0n) is 9.10. The minimum absolute atomic E-state index is 0.533. The van der Waals surface area contributed by atoms with Crippen molar-refractivity contribution in [3.63, 3.8) is 0 Å². The Balaban J connectivity index is 2.63. The molecule has 5 heteroatoms. The Bertz CT molecular complexity index is 348. The molecule has 1 aromatic carbocycles. The number of nitrogens with one attached hydrogen (secondary N) is 1.